The molecule has 4 fully saturated rings. The molecule has 4 saturated carbocycles. The van der Waals surface area contributed by atoms with Gasteiger partial charge in [0.2, 0.25) is 0 Å². The lowest BCUT2D eigenvalue weighted by atomic mass is 9.34. The van der Waals surface area contributed by atoms with Gasteiger partial charge < -0.3 is 5.11 Å². The van der Waals surface area contributed by atoms with Crippen LogP contribution in [-0.4, -0.2) is 10.7 Å². The second kappa shape index (κ2) is 6.60. The van der Waals surface area contributed by atoms with Crippen LogP contribution >= 0.6 is 0 Å². The molecule has 4 rings (SSSR count). The number of fused-ring (bicyclic) bond motifs is 5. The van der Waals surface area contributed by atoms with Crippen LogP contribution in [0.5, 0.6) is 0 Å². The minimum atomic E-state index is -0.375. The topological polar surface area (TPSA) is 20.2 Å². The number of hydrogen-bond acceptors (Lipinski definition) is 1. The standard InChI is InChI=1S/C27H46O/c1-7-13-26(28)17-18-27(9-3)21(19-26)10-11-22-24(5)14-12-20(8-2)23(24,4)15-16-25(22,27)6/h8,21-22,28H,7,9-19H2,1-6H3/b20-8-/t21-,22+,23-,24+,25+,26-,27+/m1/s1. The van der Waals surface area contributed by atoms with E-state index >= 15 is 0 Å². The highest BCUT2D eigenvalue weighted by atomic mass is 16.3. The molecule has 0 spiro atoms. The van der Waals surface area contributed by atoms with Crippen LogP contribution in [-0.2, 0) is 0 Å². The molecule has 160 valence electrons. The highest BCUT2D eigenvalue weighted by Crippen LogP contribution is 2.77. The van der Waals surface area contributed by atoms with Crippen LogP contribution in [0.4, 0.5) is 0 Å². The third kappa shape index (κ3) is 2.41. The average molecular weight is 387 g/mol. The molecule has 4 aliphatic carbocycles. The van der Waals surface area contributed by atoms with Crippen LogP contribution in [0, 0.1) is 33.5 Å². The van der Waals surface area contributed by atoms with Crippen molar-refractivity contribution in [2.75, 3.05) is 0 Å². The van der Waals surface area contributed by atoms with Crippen molar-refractivity contribution in [1.82, 2.24) is 0 Å². The quantitative estimate of drug-likeness (QED) is 0.493. The van der Waals surface area contributed by atoms with Crippen LogP contribution in [0.1, 0.15) is 119 Å². The number of rotatable bonds is 3. The van der Waals surface area contributed by atoms with Gasteiger partial charge in [-0.05, 0) is 111 Å². The predicted octanol–water partition coefficient (Wildman–Crippen LogP) is 7.68. The average Bonchev–Trinajstić information content (AvgIpc) is 2.92. The monoisotopic (exact) mass is 386 g/mol. The Morgan fingerprint density at radius 1 is 0.964 bits per heavy atom. The maximum atomic E-state index is 11.3. The number of aliphatic hydroxyl groups is 1. The summed E-state index contributed by atoms with van der Waals surface area (Å²) in [7, 11) is 0. The molecule has 1 nitrogen and oxygen atoms in total. The van der Waals surface area contributed by atoms with Crippen molar-refractivity contribution in [2.24, 2.45) is 33.5 Å². The Balaban J connectivity index is 1.73. The van der Waals surface area contributed by atoms with Crippen molar-refractivity contribution in [2.45, 2.75) is 124 Å². The van der Waals surface area contributed by atoms with Crippen LogP contribution in [0.25, 0.3) is 0 Å². The summed E-state index contributed by atoms with van der Waals surface area (Å²) in [6.07, 6.45) is 17.5. The molecular weight excluding hydrogens is 340 g/mol. The van der Waals surface area contributed by atoms with Gasteiger partial charge in [0.05, 0.1) is 5.60 Å². The van der Waals surface area contributed by atoms with Gasteiger partial charge >= 0.3 is 0 Å². The summed E-state index contributed by atoms with van der Waals surface area (Å²) in [4.78, 5) is 0. The van der Waals surface area contributed by atoms with E-state index in [4.69, 9.17) is 0 Å². The molecule has 0 amide bonds. The van der Waals surface area contributed by atoms with Gasteiger partial charge in [0, 0.05) is 0 Å². The first-order chi connectivity index (χ1) is 13.1. The molecule has 0 aromatic heterocycles. The van der Waals surface area contributed by atoms with Gasteiger partial charge in [0.15, 0.2) is 0 Å². The van der Waals surface area contributed by atoms with E-state index < -0.39 is 0 Å². The minimum absolute atomic E-state index is 0.375. The lowest BCUT2D eigenvalue weighted by Gasteiger charge is -2.71. The zero-order valence-corrected chi connectivity index (χ0v) is 19.7. The SMILES string of the molecule is C/C=C1/CC[C@@]2(C)[C@@H]3CC[C@@H]4C[C@@](O)(CCC)CC[C@]4(CC)[C@@]3(C)CC[C@]12C. The van der Waals surface area contributed by atoms with Gasteiger partial charge in [-0.15, -0.1) is 0 Å². The summed E-state index contributed by atoms with van der Waals surface area (Å²) in [6.45, 7) is 15.0. The zero-order chi connectivity index (χ0) is 20.4. The molecule has 28 heavy (non-hydrogen) atoms. The molecular formula is C27H46O. The Morgan fingerprint density at radius 3 is 2.36 bits per heavy atom. The van der Waals surface area contributed by atoms with Crippen molar-refractivity contribution in [3.63, 3.8) is 0 Å². The molecule has 0 bridgehead atoms. The van der Waals surface area contributed by atoms with Gasteiger partial charge in [-0.2, -0.15) is 0 Å². The molecule has 0 unspecified atom stereocenters. The fourth-order valence-electron chi connectivity index (χ4n) is 9.88. The van der Waals surface area contributed by atoms with Gasteiger partial charge in [-0.3, -0.25) is 0 Å². The van der Waals surface area contributed by atoms with E-state index in [0.29, 0.717) is 21.7 Å². The molecule has 0 aliphatic heterocycles. The predicted molar refractivity (Wildman–Crippen MR) is 119 cm³/mol. The van der Waals surface area contributed by atoms with Crippen molar-refractivity contribution in [3.8, 4) is 0 Å². The van der Waals surface area contributed by atoms with Gasteiger partial charge in [0.1, 0.15) is 0 Å². The Kier molecular flexibility index (Phi) is 4.94. The van der Waals surface area contributed by atoms with E-state index in [1.54, 1.807) is 5.57 Å². The van der Waals surface area contributed by atoms with E-state index in [1.165, 1.54) is 51.4 Å². The second-order valence-electron chi connectivity index (χ2n) is 12.0. The Labute approximate surface area is 174 Å². The molecule has 0 heterocycles. The van der Waals surface area contributed by atoms with Crippen molar-refractivity contribution in [1.29, 1.82) is 0 Å². The van der Waals surface area contributed by atoms with Crippen molar-refractivity contribution in [3.05, 3.63) is 11.6 Å². The van der Waals surface area contributed by atoms with Gasteiger partial charge in [0.25, 0.3) is 0 Å². The zero-order valence-electron chi connectivity index (χ0n) is 19.7. The van der Waals surface area contributed by atoms with Crippen molar-refractivity contribution >= 4 is 0 Å². The van der Waals surface area contributed by atoms with E-state index in [-0.39, 0.29) is 5.60 Å². The summed E-state index contributed by atoms with van der Waals surface area (Å²) in [6, 6.07) is 0. The molecule has 4 aliphatic rings. The fourth-order valence-corrected chi connectivity index (χ4v) is 9.88. The Hall–Kier alpha value is -0.300. The normalized spacial score (nSPS) is 54.9. The maximum Gasteiger partial charge on any atom is 0.0650 e. The summed E-state index contributed by atoms with van der Waals surface area (Å²) in [5.41, 5.74) is 3.18. The first-order valence-electron chi connectivity index (χ1n) is 12.5. The smallest absolute Gasteiger partial charge is 0.0650 e. The molecule has 1 N–H and O–H groups in total. The summed E-state index contributed by atoms with van der Waals surface area (Å²) in [5.74, 6) is 1.59. The van der Waals surface area contributed by atoms with E-state index in [1.807, 2.05) is 0 Å². The number of allylic oxidation sites excluding steroid dienone is 2. The second-order valence-corrected chi connectivity index (χ2v) is 12.0. The lowest BCUT2D eigenvalue weighted by molar-refractivity contribution is -0.225. The van der Waals surface area contributed by atoms with Crippen molar-refractivity contribution < 1.29 is 5.11 Å². The minimum Gasteiger partial charge on any atom is -0.390 e. The molecule has 0 radical (unpaired) electrons. The molecule has 0 aromatic rings. The first-order valence-corrected chi connectivity index (χ1v) is 12.5. The Morgan fingerprint density at radius 2 is 1.71 bits per heavy atom. The van der Waals surface area contributed by atoms with E-state index in [2.05, 4.69) is 47.6 Å². The number of hydrogen-bond donors (Lipinski definition) is 1. The van der Waals surface area contributed by atoms with Crippen LogP contribution in [0.3, 0.4) is 0 Å². The van der Waals surface area contributed by atoms with Crippen LogP contribution in [0.15, 0.2) is 11.6 Å². The lowest BCUT2D eigenvalue weighted by Crippen LogP contribution is -2.64. The third-order valence-corrected chi connectivity index (χ3v) is 11.6. The summed E-state index contributed by atoms with van der Waals surface area (Å²) >= 11 is 0. The van der Waals surface area contributed by atoms with Gasteiger partial charge in [-0.25, -0.2) is 0 Å². The molecule has 7 atom stereocenters. The third-order valence-electron chi connectivity index (χ3n) is 11.6. The van der Waals surface area contributed by atoms with Gasteiger partial charge in [-0.1, -0.05) is 52.7 Å². The van der Waals surface area contributed by atoms with Crippen LogP contribution < -0.4 is 0 Å². The first kappa shape index (κ1) is 21.0. The summed E-state index contributed by atoms with van der Waals surface area (Å²) in [5, 5.41) is 11.3. The Bertz CT molecular complexity index is 651. The van der Waals surface area contributed by atoms with E-state index in [0.717, 1.165) is 37.5 Å². The fraction of sp³-hybridized carbons (Fsp3) is 0.926. The highest BCUT2D eigenvalue weighted by Gasteiger charge is 2.69. The maximum absolute atomic E-state index is 11.3. The summed E-state index contributed by atoms with van der Waals surface area (Å²) < 4.78 is 0. The molecule has 1 heteroatoms. The largest absolute Gasteiger partial charge is 0.390 e. The highest BCUT2D eigenvalue weighted by molar-refractivity contribution is 5.29. The van der Waals surface area contributed by atoms with Crippen LogP contribution in [0.2, 0.25) is 0 Å². The molecule has 0 saturated heterocycles. The molecule has 0 aromatic carbocycles. The van der Waals surface area contributed by atoms with E-state index in [9.17, 15) is 5.11 Å².